The monoisotopic (exact) mass is 434 g/mol. The predicted octanol–water partition coefficient (Wildman–Crippen LogP) is 5.93. The average molecular weight is 435 g/mol. The summed E-state index contributed by atoms with van der Waals surface area (Å²) in [6.07, 6.45) is 2.28. The van der Waals surface area contributed by atoms with E-state index in [-0.39, 0.29) is 18.2 Å². The molecule has 5 rings (SSSR count). The standard InChI is InChI=1S/C26H23FN2O.ClH/c27-22-10-8-21(9-11-22)20-6-3-18(4-7-20)16-29-13-1-2-23-24-14-19(15-28)5-12-26(24)30-17-25(23)29;/h3-12,14,23,25H,1-2,13,16-17H2;1H/t23-,25-;/m0./s1. The molecule has 0 aliphatic carbocycles. The summed E-state index contributed by atoms with van der Waals surface area (Å²) in [5.74, 6) is 1.13. The fourth-order valence-corrected chi connectivity index (χ4v) is 4.80. The molecule has 2 heterocycles. The van der Waals surface area contributed by atoms with Crippen LogP contribution in [-0.4, -0.2) is 24.1 Å². The van der Waals surface area contributed by atoms with Crippen LogP contribution in [0.15, 0.2) is 66.7 Å². The zero-order chi connectivity index (χ0) is 20.5. The smallest absolute Gasteiger partial charge is 0.123 e. The third-order valence-corrected chi connectivity index (χ3v) is 6.36. The van der Waals surface area contributed by atoms with Crippen LogP contribution in [0.1, 0.15) is 35.4 Å². The van der Waals surface area contributed by atoms with E-state index in [0.29, 0.717) is 24.1 Å². The van der Waals surface area contributed by atoms with Crippen molar-refractivity contribution in [2.24, 2.45) is 0 Å². The van der Waals surface area contributed by atoms with Gasteiger partial charge in [0.1, 0.15) is 18.2 Å². The molecule has 5 heteroatoms. The summed E-state index contributed by atoms with van der Waals surface area (Å²) >= 11 is 0. The van der Waals surface area contributed by atoms with Gasteiger partial charge in [0.05, 0.1) is 17.7 Å². The van der Waals surface area contributed by atoms with E-state index >= 15 is 0 Å². The Bertz CT molecular complexity index is 1090. The van der Waals surface area contributed by atoms with Gasteiger partial charge in [0.2, 0.25) is 0 Å². The quantitative estimate of drug-likeness (QED) is 0.512. The van der Waals surface area contributed by atoms with Crippen molar-refractivity contribution in [3.8, 4) is 22.9 Å². The maximum absolute atomic E-state index is 13.2. The number of halogens is 2. The predicted molar refractivity (Wildman–Crippen MR) is 122 cm³/mol. The van der Waals surface area contributed by atoms with Gasteiger partial charge in [0.25, 0.3) is 0 Å². The summed E-state index contributed by atoms with van der Waals surface area (Å²) in [4.78, 5) is 2.52. The lowest BCUT2D eigenvalue weighted by Gasteiger charge is -2.44. The van der Waals surface area contributed by atoms with Gasteiger partial charge in [0.15, 0.2) is 0 Å². The van der Waals surface area contributed by atoms with E-state index in [4.69, 9.17) is 4.74 Å². The first-order valence-corrected chi connectivity index (χ1v) is 10.5. The highest BCUT2D eigenvalue weighted by Crippen LogP contribution is 2.42. The first-order valence-electron chi connectivity index (χ1n) is 10.5. The molecule has 0 unspecified atom stereocenters. The number of hydrogen-bond acceptors (Lipinski definition) is 3. The number of nitriles is 1. The minimum Gasteiger partial charge on any atom is -0.492 e. The third kappa shape index (κ3) is 4.30. The van der Waals surface area contributed by atoms with Gasteiger partial charge in [-0.05, 0) is 66.4 Å². The van der Waals surface area contributed by atoms with E-state index in [9.17, 15) is 9.65 Å². The molecule has 158 valence electrons. The van der Waals surface area contributed by atoms with Gasteiger partial charge in [-0.2, -0.15) is 5.26 Å². The Balaban J connectivity index is 0.00000231. The molecule has 3 aromatic carbocycles. The largest absolute Gasteiger partial charge is 0.492 e. The Morgan fingerprint density at radius 3 is 2.42 bits per heavy atom. The molecule has 0 radical (unpaired) electrons. The zero-order valence-electron chi connectivity index (χ0n) is 17.1. The first-order chi connectivity index (χ1) is 14.7. The highest BCUT2D eigenvalue weighted by atomic mass is 35.5. The maximum Gasteiger partial charge on any atom is 0.123 e. The SMILES string of the molecule is Cl.N#Cc1ccc2c(c1)[C@@H]1CCCN(Cc3ccc(-c4ccc(F)cc4)cc3)[C@H]1CO2. The van der Waals surface area contributed by atoms with Crippen molar-refractivity contribution in [1.29, 1.82) is 5.26 Å². The van der Waals surface area contributed by atoms with Crippen LogP contribution in [0.2, 0.25) is 0 Å². The molecule has 0 saturated carbocycles. The molecule has 0 N–H and O–H groups in total. The van der Waals surface area contributed by atoms with Gasteiger partial charge in [-0.3, -0.25) is 4.90 Å². The van der Waals surface area contributed by atoms with Gasteiger partial charge in [-0.15, -0.1) is 12.4 Å². The molecular weight excluding hydrogens is 411 g/mol. The Morgan fingerprint density at radius 2 is 1.71 bits per heavy atom. The average Bonchev–Trinajstić information content (AvgIpc) is 2.80. The molecule has 0 bridgehead atoms. The molecule has 1 saturated heterocycles. The molecular formula is C26H24ClFN2O. The maximum atomic E-state index is 13.2. The second kappa shape index (κ2) is 9.09. The topological polar surface area (TPSA) is 36.3 Å². The number of hydrogen-bond donors (Lipinski definition) is 0. The Labute approximate surface area is 188 Å². The lowest BCUT2D eigenvalue weighted by Crippen LogP contribution is -2.48. The molecule has 0 spiro atoms. The van der Waals surface area contributed by atoms with Crippen molar-refractivity contribution in [3.63, 3.8) is 0 Å². The number of rotatable bonds is 3. The molecule has 2 aliphatic rings. The minimum absolute atomic E-state index is 0. The Morgan fingerprint density at radius 1 is 1.00 bits per heavy atom. The van der Waals surface area contributed by atoms with Crippen molar-refractivity contribution < 1.29 is 9.13 Å². The number of fused-ring (bicyclic) bond motifs is 3. The van der Waals surface area contributed by atoms with E-state index in [0.717, 1.165) is 42.8 Å². The first kappa shape index (κ1) is 21.4. The van der Waals surface area contributed by atoms with Crippen LogP contribution in [0.4, 0.5) is 4.39 Å². The summed E-state index contributed by atoms with van der Waals surface area (Å²) in [7, 11) is 0. The van der Waals surface area contributed by atoms with E-state index in [1.54, 1.807) is 0 Å². The zero-order valence-corrected chi connectivity index (χ0v) is 17.9. The van der Waals surface area contributed by atoms with Crippen LogP contribution in [-0.2, 0) is 6.54 Å². The van der Waals surface area contributed by atoms with Crippen molar-refractivity contribution in [3.05, 3.63) is 89.2 Å². The molecule has 1 fully saturated rings. The van der Waals surface area contributed by atoms with Crippen LogP contribution in [0, 0.1) is 17.1 Å². The van der Waals surface area contributed by atoms with Crippen molar-refractivity contribution in [1.82, 2.24) is 4.90 Å². The van der Waals surface area contributed by atoms with E-state index in [1.165, 1.54) is 23.3 Å². The summed E-state index contributed by atoms with van der Waals surface area (Å²) in [5.41, 5.74) is 5.26. The van der Waals surface area contributed by atoms with E-state index in [2.05, 4.69) is 35.2 Å². The molecule has 0 amide bonds. The molecule has 3 aromatic rings. The van der Waals surface area contributed by atoms with E-state index in [1.807, 2.05) is 30.3 Å². The molecule has 3 nitrogen and oxygen atoms in total. The number of piperidine rings is 1. The van der Waals surface area contributed by atoms with Crippen molar-refractivity contribution in [2.45, 2.75) is 31.3 Å². The summed E-state index contributed by atoms with van der Waals surface area (Å²) in [6, 6.07) is 23.5. The number of likely N-dealkylation sites (tertiary alicyclic amines) is 1. The van der Waals surface area contributed by atoms with Crippen LogP contribution in [0.5, 0.6) is 5.75 Å². The highest BCUT2D eigenvalue weighted by Gasteiger charge is 2.37. The van der Waals surface area contributed by atoms with Gasteiger partial charge < -0.3 is 4.74 Å². The molecule has 2 aliphatic heterocycles. The minimum atomic E-state index is -0.215. The van der Waals surface area contributed by atoms with Gasteiger partial charge in [-0.25, -0.2) is 4.39 Å². The number of benzene rings is 3. The van der Waals surface area contributed by atoms with Crippen LogP contribution >= 0.6 is 12.4 Å². The fraction of sp³-hybridized carbons (Fsp3) is 0.269. The number of nitrogens with zero attached hydrogens (tertiary/aromatic N) is 2. The molecule has 2 atom stereocenters. The normalized spacial score (nSPS) is 19.9. The Kier molecular flexibility index (Phi) is 6.27. The highest BCUT2D eigenvalue weighted by molar-refractivity contribution is 5.85. The summed E-state index contributed by atoms with van der Waals surface area (Å²) in [6.45, 7) is 2.62. The van der Waals surface area contributed by atoms with Crippen LogP contribution < -0.4 is 4.74 Å². The fourth-order valence-electron chi connectivity index (χ4n) is 4.80. The van der Waals surface area contributed by atoms with Gasteiger partial charge in [-0.1, -0.05) is 36.4 Å². The van der Waals surface area contributed by atoms with Gasteiger partial charge >= 0.3 is 0 Å². The Hall–Kier alpha value is -2.87. The van der Waals surface area contributed by atoms with Crippen molar-refractivity contribution >= 4 is 12.4 Å². The lowest BCUT2D eigenvalue weighted by molar-refractivity contribution is 0.0600. The van der Waals surface area contributed by atoms with E-state index < -0.39 is 0 Å². The summed E-state index contributed by atoms with van der Waals surface area (Å²) < 4.78 is 19.2. The lowest BCUT2D eigenvalue weighted by atomic mass is 9.81. The molecule has 0 aromatic heterocycles. The summed E-state index contributed by atoms with van der Waals surface area (Å²) in [5, 5.41) is 9.28. The number of ether oxygens (including phenoxy) is 1. The molecule has 31 heavy (non-hydrogen) atoms. The van der Waals surface area contributed by atoms with Crippen LogP contribution in [0.3, 0.4) is 0 Å². The third-order valence-electron chi connectivity index (χ3n) is 6.36. The second-order valence-corrected chi connectivity index (χ2v) is 8.17. The van der Waals surface area contributed by atoms with Crippen LogP contribution in [0.25, 0.3) is 11.1 Å². The van der Waals surface area contributed by atoms with Crippen molar-refractivity contribution in [2.75, 3.05) is 13.2 Å². The van der Waals surface area contributed by atoms with Gasteiger partial charge in [0, 0.05) is 18.0 Å². The second-order valence-electron chi connectivity index (χ2n) is 8.17.